The predicted molar refractivity (Wildman–Crippen MR) is 106 cm³/mol. The van der Waals surface area contributed by atoms with Crippen molar-refractivity contribution in [3.05, 3.63) is 67.6 Å². The Hall–Kier alpha value is -2.67. The van der Waals surface area contributed by atoms with Crippen LogP contribution in [-0.2, 0) is 24.3 Å². The number of aromatic nitrogens is 1. The van der Waals surface area contributed by atoms with Gasteiger partial charge in [-0.05, 0) is 63.3 Å². The third kappa shape index (κ3) is 5.04. The van der Waals surface area contributed by atoms with Gasteiger partial charge in [0.05, 0.1) is 17.7 Å². The molecule has 0 aliphatic carbocycles. The Bertz CT molecular complexity index is 1090. The maximum atomic E-state index is 14.3. The zero-order valence-corrected chi connectivity index (χ0v) is 18.3. The normalized spacial score (nSPS) is 19.3. The molecular weight excluding hydrogens is 549 g/mol. The number of alkyl halides is 9. The summed E-state index contributed by atoms with van der Waals surface area (Å²) in [5.41, 5.74) is 1.07. The van der Waals surface area contributed by atoms with Crippen LogP contribution in [0.5, 0.6) is 0 Å². The summed E-state index contributed by atoms with van der Waals surface area (Å²) < 4.78 is 122. The van der Waals surface area contributed by atoms with Gasteiger partial charge in [0.25, 0.3) is 0 Å². The Balaban J connectivity index is 2.09. The van der Waals surface area contributed by atoms with Gasteiger partial charge in [0, 0.05) is 18.0 Å². The minimum absolute atomic E-state index is 0.0192. The van der Waals surface area contributed by atoms with Gasteiger partial charge in [-0.25, -0.2) is 4.98 Å². The number of azide groups is 1. The van der Waals surface area contributed by atoms with Crippen molar-refractivity contribution in [1.82, 2.24) is 4.98 Å². The largest absolute Gasteiger partial charge is 0.416 e. The number of anilines is 1. The number of halogens is 10. The van der Waals surface area contributed by atoms with E-state index in [0.717, 1.165) is 4.90 Å². The SMILES string of the molecule is [N-]=[N+]=NCc1ccc(N2CCC(c3cc(C(F)(F)F)cc(C(F)(F)F)c3)(C(F)(F)F)C2)nc1Br. The second-order valence-corrected chi connectivity index (χ2v) is 8.31. The molecule has 3 rings (SSSR count). The van der Waals surface area contributed by atoms with Crippen LogP contribution in [0.2, 0.25) is 0 Å². The topological polar surface area (TPSA) is 64.9 Å². The quantitative estimate of drug-likeness (QED) is 0.128. The van der Waals surface area contributed by atoms with Crippen molar-refractivity contribution in [3.8, 4) is 0 Å². The molecule has 0 saturated carbocycles. The molecule has 1 aromatic heterocycles. The van der Waals surface area contributed by atoms with E-state index in [2.05, 4.69) is 30.9 Å². The maximum absolute atomic E-state index is 14.3. The molecule has 1 atom stereocenters. The molecule has 2 heterocycles. The molecule has 1 saturated heterocycles. The van der Waals surface area contributed by atoms with Crippen molar-refractivity contribution >= 4 is 21.7 Å². The lowest BCUT2D eigenvalue weighted by Crippen LogP contribution is -2.45. The second kappa shape index (κ2) is 8.84. The van der Waals surface area contributed by atoms with Gasteiger partial charge in [0.2, 0.25) is 0 Å². The lowest BCUT2D eigenvalue weighted by Gasteiger charge is -2.33. The molecule has 1 aromatic carbocycles. The third-order valence-electron chi connectivity index (χ3n) is 5.49. The highest BCUT2D eigenvalue weighted by Gasteiger charge is 2.60. The number of benzene rings is 1. The van der Waals surface area contributed by atoms with Crippen LogP contribution in [0.3, 0.4) is 0 Å². The lowest BCUT2D eigenvalue weighted by molar-refractivity contribution is -0.185. The zero-order valence-electron chi connectivity index (χ0n) is 16.7. The van der Waals surface area contributed by atoms with Crippen molar-refractivity contribution in [3.63, 3.8) is 0 Å². The maximum Gasteiger partial charge on any atom is 0.416 e. The first-order valence-electron chi connectivity index (χ1n) is 9.36. The fourth-order valence-electron chi connectivity index (χ4n) is 3.72. The van der Waals surface area contributed by atoms with Gasteiger partial charge >= 0.3 is 18.5 Å². The van der Waals surface area contributed by atoms with Gasteiger partial charge in [0.15, 0.2) is 0 Å². The predicted octanol–water partition coefficient (Wildman–Crippen LogP) is 7.40. The standard InChI is InChI=1S/C19H13BrF9N5/c20-15-10(8-31-33-30)1-2-14(32-15)34-4-3-16(9-34,19(27,28)29)11-5-12(17(21,22)23)7-13(6-11)18(24,25)26/h1-2,5-7H,3-4,8-9H2. The molecule has 0 amide bonds. The third-order valence-corrected chi connectivity index (χ3v) is 6.18. The summed E-state index contributed by atoms with van der Waals surface area (Å²) in [6.45, 7) is -1.36. The van der Waals surface area contributed by atoms with E-state index in [4.69, 9.17) is 5.53 Å². The molecule has 0 radical (unpaired) electrons. The van der Waals surface area contributed by atoms with Crippen LogP contribution in [0, 0.1) is 0 Å². The average molecular weight is 562 g/mol. The molecular formula is C19H13BrF9N5. The summed E-state index contributed by atoms with van der Waals surface area (Å²) in [7, 11) is 0. The van der Waals surface area contributed by atoms with Gasteiger partial charge in [-0.3, -0.25) is 0 Å². The first kappa shape index (κ1) is 25.9. The molecule has 1 unspecified atom stereocenters. The molecule has 184 valence electrons. The Morgan fingerprint density at radius 1 is 1.00 bits per heavy atom. The van der Waals surface area contributed by atoms with Crippen molar-refractivity contribution in [2.45, 2.75) is 36.9 Å². The summed E-state index contributed by atoms with van der Waals surface area (Å²) in [6, 6.07) is 2.80. The molecule has 1 aliphatic rings. The van der Waals surface area contributed by atoms with E-state index in [1.54, 1.807) is 0 Å². The number of nitrogens with zero attached hydrogens (tertiary/aromatic N) is 5. The van der Waals surface area contributed by atoms with Gasteiger partial charge in [-0.1, -0.05) is 11.2 Å². The lowest BCUT2D eigenvalue weighted by atomic mass is 9.77. The number of hydrogen-bond acceptors (Lipinski definition) is 3. The highest BCUT2D eigenvalue weighted by Crippen LogP contribution is 2.50. The Labute approximate surface area is 194 Å². The zero-order chi connectivity index (χ0) is 25.5. The van der Waals surface area contributed by atoms with E-state index in [9.17, 15) is 39.5 Å². The first-order chi connectivity index (χ1) is 15.6. The van der Waals surface area contributed by atoms with Gasteiger partial charge in [-0.15, -0.1) is 0 Å². The number of hydrogen-bond donors (Lipinski definition) is 0. The fraction of sp³-hybridized carbons (Fsp3) is 0.421. The Morgan fingerprint density at radius 2 is 1.59 bits per heavy atom. The highest BCUT2D eigenvalue weighted by atomic mass is 79.9. The van der Waals surface area contributed by atoms with Gasteiger partial charge < -0.3 is 4.90 Å². The number of rotatable bonds is 4. The van der Waals surface area contributed by atoms with Gasteiger partial charge in [0.1, 0.15) is 15.8 Å². The van der Waals surface area contributed by atoms with E-state index in [-0.39, 0.29) is 41.7 Å². The summed E-state index contributed by atoms with van der Waals surface area (Å²) >= 11 is 3.11. The van der Waals surface area contributed by atoms with Crippen molar-refractivity contribution < 1.29 is 39.5 Å². The fourth-order valence-corrected chi connectivity index (χ4v) is 4.16. The van der Waals surface area contributed by atoms with Crippen LogP contribution < -0.4 is 4.90 Å². The average Bonchev–Trinajstić information content (AvgIpc) is 3.18. The number of pyridine rings is 1. The highest BCUT2D eigenvalue weighted by molar-refractivity contribution is 9.10. The molecule has 0 spiro atoms. The summed E-state index contributed by atoms with van der Waals surface area (Å²) in [6.07, 6.45) is -16.5. The van der Waals surface area contributed by atoms with Crippen LogP contribution in [0.4, 0.5) is 45.3 Å². The Morgan fingerprint density at radius 3 is 2.06 bits per heavy atom. The smallest absolute Gasteiger partial charge is 0.355 e. The molecule has 34 heavy (non-hydrogen) atoms. The van der Waals surface area contributed by atoms with E-state index in [1.165, 1.54) is 12.1 Å². The monoisotopic (exact) mass is 561 g/mol. The molecule has 1 fully saturated rings. The summed E-state index contributed by atoms with van der Waals surface area (Å²) in [5.74, 6) is 0.0192. The summed E-state index contributed by atoms with van der Waals surface area (Å²) in [4.78, 5) is 7.80. The molecule has 0 bridgehead atoms. The molecule has 5 nitrogen and oxygen atoms in total. The Kier molecular flexibility index (Phi) is 6.74. The minimum Gasteiger partial charge on any atom is -0.355 e. The van der Waals surface area contributed by atoms with E-state index < -0.39 is 53.6 Å². The molecule has 2 aromatic rings. The van der Waals surface area contributed by atoms with Crippen LogP contribution >= 0.6 is 15.9 Å². The van der Waals surface area contributed by atoms with Crippen LogP contribution in [-0.4, -0.2) is 24.2 Å². The van der Waals surface area contributed by atoms with Crippen molar-refractivity contribution in [1.29, 1.82) is 0 Å². The van der Waals surface area contributed by atoms with Crippen LogP contribution in [0.1, 0.15) is 28.7 Å². The minimum atomic E-state index is -5.28. The van der Waals surface area contributed by atoms with Crippen molar-refractivity contribution in [2.75, 3.05) is 18.0 Å². The van der Waals surface area contributed by atoms with Crippen LogP contribution in [0.25, 0.3) is 10.4 Å². The first-order valence-corrected chi connectivity index (χ1v) is 10.2. The molecule has 0 N–H and O–H groups in total. The van der Waals surface area contributed by atoms with E-state index in [1.807, 2.05) is 0 Å². The second-order valence-electron chi connectivity index (χ2n) is 7.55. The van der Waals surface area contributed by atoms with E-state index in [0.29, 0.717) is 5.56 Å². The van der Waals surface area contributed by atoms with E-state index >= 15 is 0 Å². The van der Waals surface area contributed by atoms with Crippen molar-refractivity contribution in [2.24, 2.45) is 5.11 Å². The summed E-state index contributed by atoms with van der Waals surface area (Å²) in [5, 5.41) is 3.35. The molecule has 15 heteroatoms. The van der Waals surface area contributed by atoms with Gasteiger partial charge in [-0.2, -0.15) is 39.5 Å². The van der Waals surface area contributed by atoms with Crippen LogP contribution in [0.15, 0.2) is 40.0 Å². The molecule has 1 aliphatic heterocycles.